The largest absolute Gasteiger partial charge is 0.474 e. The number of aromatic nitrogens is 7. The van der Waals surface area contributed by atoms with Gasteiger partial charge in [0.2, 0.25) is 5.88 Å². The van der Waals surface area contributed by atoms with Gasteiger partial charge in [0.25, 0.3) is 0 Å². The Balaban J connectivity index is 1.01. The van der Waals surface area contributed by atoms with E-state index in [2.05, 4.69) is 47.9 Å². The molecule has 0 spiro atoms. The van der Waals surface area contributed by atoms with E-state index in [-0.39, 0.29) is 12.2 Å². The third-order valence-electron chi connectivity index (χ3n) is 8.05. The van der Waals surface area contributed by atoms with Gasteiger partial charge in [-0.05, 0) is 49.1 Å². The summed E-state index contributed by atoms with van der Waals surface area (Å²) in [5.41, 5.74) is 5.09. The maximum atomic E-state index is 6.31. The lowest BCUT2D eigenvalue weighted by molar-refractivity contribution is -0.0592. The Bertz CT molecular complexity index is 1670. The van der Waals surface area contributed by atoms with Crippen molar-refractivity contribution in [2.75, 3.05) is 19.7 Å². The molecule has 2 aromatic carbocycles. The second-order valence-corrected chi connectivity index (χ2v) is 11.5. The number of hydrogen-bond acceptors (Lipinski definition) is 8. The maximum absolute atomic E-state index is 6.31. The summed E-state index contributed by atoms with van der Waals surface area (Å²) in [5.74, 6) is 2.44. The number of benzene rings is 2. The minimum absolute atomic E-state index is 0.122. The van der Waals surface area contributed by atoms with E-state index in [4.69, 9.17) is 26.1 Å². The van der Waals surface area contributed by atoms with Gasteiger partial charge in [-0.25, -0.2) is 9.97 Å². The molecule has 11 heteroatoms. The van der Waals surface area contributed by atoms with Crippen molar-refractivity contribution in [1.82, 2.24) is 39.4 Å². The van der Waals surface area contributed by atoms with Crippen LogP contribution in [0.5, 0.6) is 5.88 Å². The van der Waals surface area contributed by atoms with E-state index in [1.165, 1.54) is 0 Å². The molecule has 216 valence electrons. The fourth-order valence-electron chi connectivity index (χ4n) is 5.65. The van der Waals surface area contributed by atoms with E-state index in [9.17, 15) is 0 Å². The van der Waals surface area contributed by atoms with Crippen LogP contribution in [0.15, 0.2) is 60.9 Å². The van der Waals surface area contributed by atoms with E-state index in [1.54, 1.807) is 10.9 Å². The first kappa shape index (κ1) is 27.0. The Morgan fingerprint density at radius 1 is 1.02 bits per heavy atom. The van der Waals surface area contributed by atoms with Crippen LogP contribution < -0.4 is 4.74 Å². The number of nitrogens with zero attached hydrogens (tertiary/aromatic N) is 8. The van der Waals surface area contributed by atoms with Crippen LogP contribution in [-0.2, 0) is 31.3 Å². The second kappa shape index (κ2) is 11.8. The number of rotatable bonds is 9. The van der Waals surface area contributed by atoms with Gasteiger partial charge in [-0.3, -0.25) is 9.58 Å². The molecule has 2 aliphatic rings. The third-order valence-corrected chi connectivity index (χ3v) is 8.30. The first-order chi connectivity index (χ1) is 20.6. The van der Waals surface area contributed by atoms with Crippen LogP contribution in [0, 0.1) is 0 Å². The summed E-state index contributed by atoms with van der Waals surface area (Å²) in [4.78, 5) is 16.7. The molecule has 0 radical (unpaired) electrons. The minimum Gasteiger partial charge on any atom is -0.474 e. The van der Waals surface area contributed by atoms with E-state index >= 15 is 0 Å². The summed E-state index contributed by atoms with van der Waals surface area (Å²) in [6.45, 7) is 4.31. The smallest absolute Gasteiger partial charge is 0.216 e. The summed E-state index contributed by atoms with van der Waals surface area (Å²) < 4.78 is 16.2. The number of likely N-dealkylation sites (tertiary alicyclic amines) is 1. The highest BCUT2D eigenvalue weighted by Gasteiger charge is 2.26. The Morgan fingerprint density at radius 2 is 1.86 bits per heavy atom. The van der Waals surface area contributed by atoms with Gasteiger partial charge >= 0.3 is 0 Å². The third kappa shape index (κ3) is 6.01. The molecule has 0 amide bonds. The number of aryl methyl sites for hydroxylation is 1. The summed E-state index contributed by atoms with van der Waals surface area (Å²) in [6.07, 6.45) is 7.65. The Hall–Kier alpha value is -3.86. The number of piperidine rings is 1. The zero-order chi connectivity index (χ0) is 28.5. The van der Waals surface area contributed by atoms with Crippen LogP contribution in [-0.4, -0.2) is 71.3 Å². The lowest BCUT2D eigenvalue weighted by Gasteiger charge is -2.32. The van der Waals surface area contributed by atoms with Gasteiger partial charge in [0.15, 0.2) is 0 Å². The number of ether oxygens (including phenoxy) is 2. The van der Waals surface area contributed by atoms with Gasteiger partial charge < -0.3 is 14.0 Å². The normalized spacial score (nSPS) is 17.9. The summed E-state index contributed by atoms with van der Waals surface area (Å²) in [7, 11) is 1.88. The molecule has 0 bridgehead atoms. The predicted molar refractivity (Wildman–Crippen MR) is 159 cm³/mol. The molecule has 2 aliphatic heterocycles. The highest BCUT2D eigenvalue weighted by Crippen LogP contribution is 2.27. The Kier molecular flexibility index (Phi) is 7.58. The van der Waals surface area contributed by atoms with Crippen molar-refractivity contribution < 1.29 is 9.47 Å². The van der Waals surface area contributed by atoms with Gasteiger partial charge in [-0.1, -0.05) is 35.0 Å². The van der Waals surface area contributed by atoms with Crippen LogP contribution in [0.2, 0.25) is 5.02 Å². The Labute approximate surface area is 249 Å². The molecule has 2 fully saturated rings. The summed E-state index contributed by atoms with van der Waals surface area (Å²) >= 11 is 6.02. The SMILES string of the molecule is Cn1cc(-c2ccc3c(c2)nc(CN2CCC(Oc4ccnc(Cc5ccc(Cl)cc5)n4)CC2)n3CC2CCO2)nn1. The molecule has 42 heavy (non-hydrogen) atoms. The minimum atomic E-state index is 0.122. The van der Waals surface area contributed by atoms with Crippen LogP contribution in [0.1, 0.15) is 36.5 Å². The predicted octanol–water partition coefficient (Wildman–Crippen LogP) is 4.70. The highest BCUT2D eigenvalue weighted by molar-refractivity contribution is 6.30. The van der Waals surface area contributed by atoms with Gasteiger partial charge in [0.05, 0.1) is 36.4 Å². The van der Waals surface area contributed by atoms with Crippen LogP contribution in [0.4, 0.5) is 0 Å². The molecule has 1 unspecified atom stereocenters. The molecule has 0 aliphatic carbocycles. The second-order valence-electron chi connectivity index (χ2n) is 11.1. The molecular weight excluding hydrogens is 552 g/mol. The zero-order valence-corrected chi connectivity index (χ0v) is 24.3. The van der Waals surface area contributed by atoms with Crippen molar-refractivity contribution >= 4 is 22.6 Å². The lowest BCUT2D eigenvalue weighted by atomic mass is 10.1. The van der Waals surface area contributed by atoms with E-state index in [1.807, 2.05) is 43.6 Å². The molecule has 5 heterocycles. The molecule has 0 saturated carbocycles. The van der Waals surface area contributed by atoms with Gasteiger partial charge in [0.1, 0.15) is 23.4 Å². The van der Waals surface area contributed by atoms with Gasteiger partial charge in [0, 0.05) is 56.0 Å². The summed E-state index contributed by atoms with van der Waals surface area (Å²) in [6, 6.07) is 16.0. The van der Waals surface area contributed by atoms with Gasteiger partial charge in [-0.2, -0.15) is 4.98 Å². The molecule has 5 aromatic rings. The van der Waals surface area contributed by atoms with Crippen LogP contribution >= 0.6 is 11.6 Å². The van der Waals surface area contributed by atoms with Gasteiger partial charge in [-0.15, -0.1) is 5.10 Å². The molecule has 1 atom stereocenters. The average molecular weight is 585 g/mol. The topological polar surface area (TPSA) is 96.0 Å². The zero-order valence-electron chi connectivity index (χ0n) is 23.6. The first-order valence-electron chi connectivity index (χ1n) is 14.5. The molecule has 10 nitrogen and oxygen atoms in total. The molecule has 0 N–H and O–H groups in total. The molecular formula is C31H33ClN8O2. The number of fused-ring (bicyclic) bond motifs is 1. The first-order valence-corrected chi connectivity index (χ1v) is 14.9. The monoisotopic (exact) mass is 584 g/mol. The quantitative estimate of drug-likeness (QED) is 0.246. The number of halogens is 1. The van der Waals surface area contributed by atoms with Crippen molar-refractivity contribution in [2.45, 2.75) is 51.0 Å². The van der Waals surface area contributed by atoms with E-state index in [0.717, 1.165) is 96.6 Å². The van der Waals surface area contributed by atoms with Crippen LogP contribution in [0.25, 0.3) is 22.3 Å². The van der Waals surface area contributed by atoms with Crippen molar-refractivity contribution in [3.63, 3.8) is 0 Å². The van der Waals surface area contributed by atoms with Crippen molar-refractivity contribution in [3.05, 3.63) is 83.2 Å². The maximum Gasteiger partial charge on any atom is 0.216 e. The molecule has 2 saturated heterocycles. The van der Waals surface area contributed by atoms with E-state index < -0.39 is 0 Å². The van der Waals surface area contributed by atoms with E-state index in [0.29, 0.717) is 12.3 Å². The lowest BCUT2D eigenvalue weighted by Crippen LogP contribution is -2.39. The molecule has 3 aromatic heterocycles. The standard InChI is InChI=1S/C31H33ClN8O2/c1-38-19-27(36-37-38)22-4-7-28-26(17-22)34-30(40(28)18-25-11-15-41-25)20-39-13-9-24(10-14-39)42-31-8-12-33-29(35-31)16-21-2-5-23(32)6-3-21/h2-8,12,17,19,24-25H,9-11,13-16,18,20H2,1H3. The fourth-order valence-corrected chi connectivity index (χ4v) is 5.77. The Morgan fingerprint density at radius 3 is 2.60 bits per heavy atom. The van der Waals surface area contributed by atoms with Crippen molar-refractivity contribution in [2.24, 2.45) is 7.05 Å². The number of imidazole rings is 1. The molecule has 7 rings (SSSR count). The van der Waals surface area contributed by atoms with Crippen molar-refractivity contribution in [1.29, 1.82) is 0 Å². The van der Waals surface area contributed by atoms with Crippen LogP contribution in [0.3, 0.4) is 0 Å². The fraction of sp³-hybridized carbons (Fsp3) is 0.387. The number of hydrogen-bond donors (Lipinski definition) is 0. The van der Waals surface area contributed by atoms with Crippen molar-refractivity contribution in [3.8, 4) is 17.1 Å². The highest BCUT2D eigenvalue weighted by atomic mass is 35.5. The summed E-state index contributed by atoms with van der Waals surface area (Å²) in [5, 5.41) is 9.08. The average Bonchev–Trinajstić information content (AvgIpc) is 3.55.